The fraction of sp³-hybridized carbons (Fsp3) is 0.300. The molecular weight excluding hydrogens is 230 g/mol. The van der Waals surface area contributed by atoms with Gasteiger partial charge in [0.15, 0.2) is 0 Å². The van der Waals surface area contributed by atoms with E-state index in [1.165, 1.54) is 12.1 Å². The highest BCUT2D eigenvalue weighted by atomic mass is 16.6. The van der Waals surface area contributed by atoms with Crippen LogP contribution in [0.15, 0.2) is 18.2 Å². The Morgan fingerprint density at radius 3 is 2.35 bits per heavy atom. The summed E-state index contributed by atoms with van der Waals surface area (Å²) in [6.07, 6.45) is 0. The molecule has 3 N–H and O–H groups in total. The van der Waals surface area contributed by atoms with E-state index >= 15 is 0 Å². The number of benzene rings is 1. The average molecular weight is 241 g/mol. The molecule has 0 aliphatic rings. The van der Waals surface area contributed by atoms with Crippen LogP contribution in [0.25, 0.3) is 0 Å². The van der Waals surface area contributed by atoms with Crippen LogP contribution in [0.5, 0.6) is 0 Å². The summed E-state index contributed by atoms with van der Waals surface area (Å²) in [5, 5.41) is 37.7. The van der Waals surface area contributed by atoms with Gasteiger partial charge in [0.2, 0.25) is 0 Å². The van der Waals surface area contributed by atoms with Gasteiger partial charge in [-0.1, -0.05) is 12.1 Å². The van der Waals surface area contributed by atoms with Crippen molar-refractivity contribution in [1.82, 2.24) is 0 Å². The van der Waals surface area contributed by atoms with Crippen molar-refractivity contribution in [2.75, 3.05) is 13.2 Å². The van der Waals surface area contributed by atoms with Crippen molar-refractivity contribution in [3.8, 4) is 0 Å². The molecule has 1 rings (SSSR count). The van der Waals surface area contributed by atoms with Crippen LogP contribution in [0.1, 0.15) is 21.8 Å². The largest absolute Gasteiger partial charge is 0.477 e. The molecular formula is C10H11NO6. The Hall–Kier alpha value is -1.99. The molecule has 0 aromatic heterocycles. The number of aliphatic hydroxyl groups excluding tert-OH is 2. The van der Waals surface area contributed by atoms with Gasteiger partial charge < -0.3 is 15.3 Å². The van der Waals surface area contributed by atoms with E-state index in [2.05, 4.69) is 0 Å². The van der Waals surface area contributed by atoms with Crippen LogP contribution in [0.4, 0.5) is 5.69 Å². The van der Waals surface area contributed by atoms with Crippen molar-refractivity contribution in [2.24, 2.45) is 0 Å². The van der Waals surface area contributed by atoms with Crippen LogP contribution in [0.2, 0.25) is 0 Å². The Balaban J connectivity index is 3.44. The Kier molecular flexibility index (Phi) is 4.13. The third-order valence-electron chi connectivity index (χ3n) is 2.36. The van der Waals surface area contributed by atoms with E-state index in [0.29, 0.717) is 0 Å². The monoisotopic (exact) mass is 241 g/mol. The number of carbonyl (C=O) groups is 1. The van der Waals surface area contributed by atoms with Crippen LogP contribution in [0.3, 0.4) is 0 Å². The minimum absolute atomic E-state index is 0.0138. The number of nitro benzene ring substituents is 1. The molecule has 7 nitrogen and oxygen atoms in total. The summed E-state index contributed by atoms with van der Waals surface area (Å²) in [6.45, 7) is -0.999. The van der Waals surface area contributed by atoms with Crippen molar-refractivity contribution in [2.45, 2.75) is 5.92 Å². The molecule has 0 saturated heterocycles. The first kappa shape index (κ1) is 13.1. The predicted molar refractivity (Wildman–Crippen MR) is 57.0 cm³/mol. The average Bonchev–Trinajstić information content (AvgIpc) is 2.30. The molecule has 0 bridgehead atoms. The maximum atomic E-state index is 10.9. The quantitative estimate of drug-likeness (QED) is 0.505. The fourth-order valence-corrected chi connectivity index (χ4v) is 1.52. The first-order valence-electron chi connectivity index (χ1n) is 4.75. The topological polar surface area (TPSA) is 121 Å². The number of aliphatic hydroxyl groups is 2. The molecule has 0 aliphatic carbocycles. The zero-order valence-corrected chi connectivity index (χ0v) is 8.74. The van der Waals surface area contributed by atoms with Gasteiger partial charge in [-0.25, -0.2) is 4.79 Å². The molecule has 0 heterocycles. The van der Waals surface area contributed by atoms with E-state index < -0.39 is 41.3 Å². The summed E-state index contributed by atoms with van der Waals surface area (Å²) in [5.74, 6) is -2.29. The number of rotatable bonds is 5. The lowest BCUT2D eigenvalue weighted by Gasteiger charge is -2.12. The van der Waals surface area contributed by atoms with E-state index in [1.807, 2.05) is 0 Å². The zero-order chi connectivity index (χ0) is 13.0. The molecule has 1 aromatic rings. The summed E-state index contributed by atoms with van der Waals surface area (Å²) < 4.78 is 0. The van der Waals surface area contributed by atoms with E-state index in [-0.39, 0.29) is 5.56 Å². The zero-order valence-electron chi connectivity index (χ0n) is 8.74. The second kappa shape index (κ2) is 5.37. The smallest absolute Gasteiger partial charge is 0.342 e. The number of carboxylic acid groups (broad SMARTS) is 1. The molecule has 0 radical (unpaired) electrons. The number of aromatic carboxylic acids is 1. The first-order chi connectivity index (χ1) is 8.02. The molecule has 0 fully saturated rings. The highest BCUT2D eigenvalue weighted by Gasteiger charge is 2.27. The maximum Gasteiger partial charge on any atom is 0.342 e. The Morgan fingerprint density at radius 2 is 1.94 bits per heavy atom. The van der Waals surface area contributed by atoms with Gasteiger partial charge in [0.1, 0.15) is 5.56 Å². The standard InChI is InChI=1S/C10H11NO6/c12-4-6(5-13)7-2-1-3-8(10(14)15)9(7)11(16)17/h1-3,6,12-13H,4-5H2,(H,14,15). The van der Waals surface area contributed by atoms with E-state index in [4.69, 9.17) is 15.3 Å². The molecule has 0 saturated carbocycles. The van der Waals surface area contributed by atoms with Gasteiger partial charge >= 0.3 is 5.97 Å². The molecule has 17 heavy (non-hydrogen) atoms. The second-order valence-corrected chi connectivity index (χ2v) is 3.37. The van der Waals surface area contributed by atoms with E-state index in [1.54, 1.807) is 0 Å². The Morgan fingerprint density at radius 1 is 1.35 bits per heavy atom. The highest BCUT2D eigenvalue weighted by Crippen LogP contribution is 2.29. The summed E-state index contributed by atoms with van der Waals surface area (Å²) >= 11 is 0. The van der Waals surface area contributed by atoms with Crippen LogP contribution in [-0.4, -0.2) is 39.4 Å². The highest BCUT2D eigenvalue weighted by molar-refractivity contribution is 5.93. The molecule has 0 unspecified atom stereocenters. The van der Waals surface area contributed by atoms with Gasteiger partial charge in [0.25, 0.3) is 5.69 Å². The Labute approximate surface area is 96.1 Å². The summed E-state index contributed by atoms with van der Waals surface area (Å²) in [6, 6.07) is 3.77. The molecule has 92 valence electrons. The summed E-state index contributed by atoms with van der Waals surface area (Å²) in [5.41, 5.74) is -1.03. The van der Waals surface area contributed by atoms with Crippen LogP contribution in [0, 0.1) is 10.1 Å². The molecule has 7 heteroatoms. The van der Waals surface area contributed by atoms with Crippen molar-refractivity contribution >= 4 is 11.7 Å². The number of hydrogen-bond acceptors (Lipinski definition) is 5. The van der Waals surface area contributed by atoms with Crippen LogP contribution >= 0.6 is 0 Å². The minimum atomic E-state index is -1.42. The maximum absolute atomic E-state index is 10.9. The molecule has 0 atom stereocenters. The van der Waals surface area contributed by atoms with Gasteiger partial charge in [-0.2, -0.15) is 0 Å². The van der Waals surface area contributed by atoms with Crippen LogP contribution < -0.4 is 0 Å². The van der Waals surface area contributed by atoms with Gasteiger partial charge in [-0.3, -0.25) is 10.1 Å². The van der Waals surface area contributed by atoms with Crippen molar-refractivity contribution in [3.63, 3.8) is 0 Å². The van der Waals surface area contributed by atoms with Crippen molar-refractivity contribution in [1.29, 1.82) is 0 Å². The van der Waals surface area contributed by atoms with Gasteiger partial charge in [-0.05, 0) is 6.07 Å². The molecule has 1 aromatic carbocycles. The molecule has 0 amide bonds. The van der Waals surface area contributed by atoms with Crippen molar-refractivity contribution < 1.29 is 25.0 Å². The third-order valence-corrected chi connectivity index (χ3v) is 2.36. The Bertz CT molecular complexity index is 440. The number of nitrogens with zero attached hydrogens (tertiary/aromatic N) is 1. The lowest BCUT2D eigenvalue weighted by Crippen LogP contribution is -2.13. The number of hydrogen-bond donors (Lipinski definition) is 3. The third kappa shape index (κ3) is 2.58. The second-order valence-electron chi connectivity index (χ2n) is 3.37. The van der Waals surface area contributed by atoms with Gasteiger partial charge in [0, 0.05) is 11.5 Å². The normalized spacial score (nSPS) is 10.5. The number of para-hydroxylation sites is 1. The summed E-state index contributed by atoms with van der Waals surface area (Å²) in [4.78, 5) is 20.9. The van der Waals surface area contributed by atoms with E-state index in [9.17, 15) is 14.9 Å². The number of carboxylic acids is 1. The SMILES string of the molecule is O=C(O)c1cccc(C(CO)CO)c1[N+](=O)[O-]. The van der Waals surface area contributed by atoms with Crippen LogP contribution in [-0.2, 0) is 0 Å². The predicted octanol–water partition coefficient (Wildman–Crippen LogP) is 0.361. The van der Waals surface area contributed by atoms with Gasteiger partial charge in [-0.15, -0.1) is 0 Å². The van der Waals surface area contributed by atoms with Crippen molar-refractivity contribution in [3.05, 3.63) is 39.4 Å². The molecule has 0 aliphatic heterocycles. The minimum Gasteiger partial charge on any atom is -0.477 e. The van der Waals surface area contributed by atoms with Gasteiger partial charge in [0.05, 0.1) is 18.1 Å². The number of nitro groups is 1. The summed E-state index contributed by atoms with van der Waals surface area (Å²) in [7, 11) is 0. The lowest BCUT2D eigenvalue weighted by atomic mass is 9.96. The molecule has 0 spiro atoms. The van der Waals surface area contributed by atoms with E-state index in [0.717, 1.165) is 6.07 Å². The lowest BCUT2D eigenvalue weighted by molar-refractivity contribution is -0.386. The first-order valence-corrected chi connectivity index (χ1v) is 4.75. The fourth-order valence-electron chi connectivity index (χ4n) is 1.52.